The number of aromatic nitrogens is 2. The number of hydrogen-bond acceptors (Lipinski definition) is 4. The van der Waals surface area contributed by atoms with E-state index in [0.29, 0.717) is 49.0 Å². The van der Waals surface area contributed by atoms with E-state index < -0.39 is 0 Å². The van der Waals surface area contributed by atoms with Crippen molar-refractivity contribution in [3.05, 3.63) is 82.6 Å². The van der Waals surface area contributed by atoms with Crippen LogP contribution in [0.4, 0.5) is 0 Å². The normalized spacial score (nSPS) is 18.4. The van der Waals surface area contributed by atoms with Crippen molar-refractivity contribution < 1.29 is 9.59 Å². The van der Waals surface area contributed by atoms with Crippen molar-refractivity contribution in [3.63, 3.8) is 0 Å². The van der Waals surface area contributed by atoms with Crippen LogP contribution >= 0.6 is 11.6 Å². The molecule has 2 aliphatic rings. The maximum Gasteiger partial charge on any atom is 0.267 e. The Morgan fingerprint density at radius 3 is 2.22 bits per heavy atom. The van der Waals surface area contributed by atoms with Crippen LogP contribution in [0.3, 0.4) is 0 Å². The molecule has 2 aromatic carbocycles. The molecule has 2 amide bonds. The summed E-state index contributed by atoms with van der Waals surface area (Å²) in [4.78, 5) is 29.8. The molecule has 1 aromatic heterocycles. The Bertz CT molecular complexity index is 1260. The lowest BCUT2D eigenvalue weighted by Crippen LogP contribution is -2.41. The van der Waals surface area contributed by atoms with Crippen LogP contribution in [0, 0.1) is 5.41 Å². The molecule has 8 heteroatoms. The van der Waals surface area contributed by atoms with Gasteiger partial charge in [-0.2, -0.15) is 5.10 Å². The van der Waals surface area contributed by atoms with E-state index in [1.807, 2.05) is 52.0 Å². The quantitative estimate of drug-likeness (QED) is 0.503. The Hall–Kier alpha value is -3.45. The van der Waals surface area contributed by atoms with E-state index in [1.165, 1.54) is 12.5 Å². The molecule has 1 N–H and O–H groups in total. The average molecular weight is 504 g/mol. The number of nitrogens with zero attached hydrogens (tertiary/aromatic N) is 4. The summed E-state index contributed by atoms with van der Waals surface area (Å²) in [6, 6.07) is 17.8. The molecule has 7 nitrogen and oxygen atoms in total. The highest BCUT2D eigenvalue weighted by Gasteiger charge is 2.34. The molecule has 186 valence electrons. The SMILES string of the molecule is CC(=N)C(=O)N1CCC(c2c(C(=O)N3CCC(c4ccccc4)C3)cnn2-c2ccc(Cl)cc2)CC1. The second kappa shape index (κ2) is 10.3. The molecule has 3 aromatic rings. The van der Waals surface area contributed by atoms with Crippen LogP contribution in [-0.4, -0.2) is 63.3 Å². The van der Waals surface area contributed by atoms with Gasteiger partial charge in [-0.25, -0.2) is 4.68 Å². The van der Waals surface area contributed by atoms with Crippen LogP contribution in [0.1, 0.15) is 59.6 Å². The number of hydrogen-bond donors (Lipinski definition) is 1. The number of carbonyl (C=O) groups is 2. The van der Waals surface area contributed by atoms with Gasteiger partial charge in [-0.15, -0.1) is 0 Å². The Labute approximate surface area is 216 Å². The zero-order chi connectivity index (χ0) is 25.2. The van der Waals surface area contributed by atoms with Crippen molar-refractivity contribution in [1.82, 2.24) is 19.6 Å². The first kappa shape index (κ1) is 24.3. The lowest BCUT2D eigenvalue weighted by molar-refractivity contribution is -0.125. The second-order valence-corrected chi connectivity index (χ2v) is 10.1. The molecular formula is C28H30ClN5O2. The molecule has 0 aliphatic carbocycles. The number of benzene rings is 2. The minimum absolute atomic E-state index is 0.0116. The average Bonchev–Trinajstić information content (AvgIpc) is 3.57. The van der Waals surface area contributed by atoms with Crippen molar-refractivity contribution in [2.45, 2.75) is 38.0 Å². The fraction of sp³-hybridized carbons (Fsp3) is 0.357. The molecule has 2 fully saturated rings. The molecule has 2 saturated heterocycles. The van der Waals surface area contributed by atoms with E-state index in [-0.39, 0.29) is 23.4 Å². The van der Waals surface area contributed by atoms with E-state index >= 15 is 0 Å². The van der Waals surface area contributed by atoms with Gasteiger partial charge < -0.3 is 9.80 Å². The lowest BCUT2D eigenvalue weighted by Gasteiger charge is -2.32. The third kappa shape index (κ3) is 4.80. The number of carbonyl (C=O) groups excluding carboxylic acids is 2. The Morgan fingerprint density at radius 1 is 0.917 bits per heavy atom. The fourth-order valence-electron chi connectivity index (χ4n) is 5.41. The van der Waals surface area contributed by atoms with Gasteiger partial charge in [0.25, 0.3) is 11.8 Å². The number of rotatable bonds is 5. The van der Waals surface area contributed by atoms with Crippen LogP contribution in [-0.2, 0) is 4.79 Å². The third-order valence-electron chi connectivity index (χ3n) is 7.34. The molecule has 2 aliphatic heterocycles. The van der Waals surface area contributed by atoms with Gasteiger partial charge in [0.05, 0.1) is 28.9 Å². The summed E-state index contributed by atoms with van der Waals surface area (Å²) in [5.74, 6) is 0.200. The Morgan fingerprint density at radius 2 is 1.56 bits per heavy atom. The summed E-state index contributed by atoms with van der Waals surface area (Å²) in [6.45, 7) is 4.05. The van der Waals surface area contributed by atoms with Gasteiger partial charge in [0.15, 0.2) is 0 Å². The topological polar surface area (TPSA) is 82.3 Å². The van der Waals surface area contributed by atoms with E-state index in [9.17, 15) is 9.59 Å². The fourth-order valence-corrected chi connectivity index (χ4v) is 5.54. The zero-order valence-electron chi connectivity index (χ0n) is 20.4. The number of likely N-dealkylation sites (tertiary alicyclic amines) is 2. The smallest absolute Gasteiger partial charge is 0.267 e. The van der Waals surface area contributed by atoms with Crippen LogP contribution in [0.2, 0.25) is 5.02 Å². The highest BCUT2D eigenvalue weighted by Crippen LogP contribution is 2.35. The summed E-state index contributed by atoms with van der Waals surface area (Å²) < 4.78 is 1.86. The number of nitrogens with one attached hydrogen (secondary N) is 1. The van der Waals surface area contributed by atoms with Gasteiger partial charge in [-0.3, -0.25) is 15.0 Å². The molecule has 0 spiro atoms. The molecule has 0 radical (unpaired) electrons. The Kier molecular flexibility index (Phi) is 6.92. The van der Waals surface area contributed by atoms with Gasteiger partial charge in [-0.1, -0.05) is 41.9 Å². The van der Waals surface area contributed by atoms with E-state index in [2.05, 4.69) is 17.2 Å². The molecule has 1 atom stereocenters. The predicted octanol–water partition coefficient (Wildman–Crippen LogP) is 4.90. The van der Waals surface area contributed by atoms with E-state index in [0.717, 1.165) is 24.3 Å². The molecular weight excluding hydrogens is 474 g/mol. The van der Waals surface area contributed by atoms with Gasteiger partial charge in [0.1, 0.15) is 0 Å². The molecule has 3 heterocycles. The van der Waals surface area contributed by atoms with Crippen molar-refractivity contribution in [2.75, 3.05) is 26.2 Å². The van der Waals surface area contributed by atoms with Gasteiger partial charge >= 0.3 is 0 Å². The predicted molar refractivity (Wildman–Crippen MR) is 140 cm³/mol. The lowest BCUT2D eigenvalue weighted by atomic mass is 9.90. The second-order valence-electron chi connectivity index (χ2n) is 9.67. The van der Waals surface area contributed by atoms with Crippen molar-refractivity contribution in [3.8, 4) is 5.69 Å². The molecule has 1 unspecified atom stereocenters. The van der Waals surface area contributed by atoms with E-state index in [4.69, 9.17) is 17.0 Å². The van der Waals surface area contributed by atoms with Crippen molar-refractivity contribution in [1.29, 1.82) is 5.41 Å². The summed E-state index contributed by atoms with van der Waals surface area (Å²) >= 11 is 6.12. The maximum atomic E-state index is 13.8. The summed E-state index contributed by atoms with van der Waals surface area (Å²) in [6.07, 6.45) is 4.07. The molecule has 0 bridgehead atoms. The molecule has 0 saturated carbocycles. The number of piperidine rings is 1. The first-order valence-electron chi connectivity index (χ1n) is 12.4. The van der Waals surface area contributed by atoms with Crippen LogP contribution in [0.5, 0.6) is 0 Å². The van der Waals surface area contributed by atoms with E-state index in [1.54, 1.807) is 11.1 Å². The monoisotopic (exact) mass is 503 g/mol. The van der Waals surface area contributed by atoms with Crippen molar-refractivity contribution >= 4 is 29.1 Å². The first-order valence-corrected chi connectivity index (χ1v) is 12.8. The highest BCUT2D eigenvalue weighted by atomic mass is 35.5. The summed E-state index contributed by atoms with van der Waals surface area (Å²) in [5, 5.41) is 13.0. The standard InChI is InChI=1S/C28H30ClN5O2/c1-19(30)27(35)32-14-11-21(12-15-32)26-25(17-31-34(26)24-9-7-23(29)8-10-24)28(36)33-16-13-22(18-33)20-5-3-2-4-6-20/h2-10,17,21-22,30H,11-16,18H2,1H3. The minimum Gasteiger partial charge on any atom is -0.338 e. The number of halogens is 1. The largest absolute Gasteiger partial charge is 0.338 e. The van der Waals surface area contributed by atoms with Gasteiger partial charge in [0, 0.05) is 43.0 Å². The zero-order valence-corrected chi connectivity index (χ0v) is 21.1. The highest BCUT2D eigenvalue weighted by molar-refractivity contribution is 6.36. The third-order valence-corrected chi connectivity index (χ3v) is 7.60. The first-order chi connectivity index (χ1) is 17.4. The molecule has 36 heavy (non-hydrogen) atoms. The minimum atomic E-state index is -0.222. The summed E-state index contributed by atoms with van der Waals surface area (Å²) in [7, 11) is 0. The van der Waals surface area contributed by atoms with Gasteiger partial charge in [-0.05, 0) is 56.0 Å². The molecule has 5 rings (SSSR count). The maximum absolute atomic E-state index is 13.8. The summed E-state index contributed by atoms with van der Waals surface area (Å²) in [5.41, 5.74) is 3.70. The van der Waals surface area contributed by atoms with Crippen LogP contribution in [0.15, 0.2) is 60.8 Å². The Balaban J connectivity index is 1.43. The van der Waals surface area contributed by atoms with Crippen LogP contribution < -0.4 is 0 Å². The number of amides is 2. The van der Waals surface area contributed by atoms with Crippen molar-refractivity contribution in [2.24, 2.45) is 0 Å². The van der Waals surface area contributed by atoms with Gasteiger partial charge in [0.2, 0.25) is 0 Å². The van der Waals surface area contributed by atoms with Crippen LogP contribution in [0.25, 0.3) is 5.69 Å².